The number of rotatable bonds is 9. The SMILES string of the molecule is CCOC(=O)c1cccc(NC(=O)CN(c2cc([N+](=O)[O-])ccc2OC)S(C)(=O)=O)c1. The van der Waals surface area contributed by atoms with Gasteiger partial charge >= 0.3 is 5.97 Å². The van der Waals surface area contributed by atoms with E-state index in [1.807, 2.05) is 0 Å². The van der Waals surface area contributed by atoms with Gasteiger partial charge in [0.2, 0.25) is 15.9 Å². The Kier molecular flexibility index (Phi) is 7.53. The number of esters is 1. The number of non-ortho nitro benzene ring substituents is 1. The number of carbonyl (C=O) groups excluding carboxylic acids is 2. The highest BCUT2D eigenvalue weighted by Crippen LogP contribution is 2.33. The van der Waals surface area contributed by atoms with Crippen LogP contribution in [0.5, 0.6) is 5.75 Å². The highest BCUT2D eigenvalue weighted by Gasteiger charge is 2.26. The zero-order valence-corrected chi connectivity index (χ0v) is 17.8. The van der Waals surface area contributed by atoms with Crippen LogP contribution in [-0.4, -0.2) is 51.7 Å². The van der Waals surface area contributed by atoms with E-state index in [0.29, 0.717) is 4.31 Å². The molecule has 11 nitrogen and oxygen atoms in total. The van der Waals surface area contributed by atoms with E-state index >= 15 is 0 Å². The number of sulfonamides is 1. The summed E-state index contributed by atoms with van der Waals surface area (Å²) in [5, 5.41) is 13.6. The molecule has 0 saturated heterocycles. The molecule has 1 amide bonds. The molecule has 0 spiro atoms. The molecule has 0 radical (unpaired) electrons. The van der Waals surface area contributed by atoms with Crippen molar-refractivity contribution >= 4 is 39.0 Å². The Morgan fingerprint density at radius 2 is 1.90 bits per heavy atom. The lowest BCUT2D eigenvalue weighted by molar-refractivity contribution is -0.384. The first-order valence-electron chi connectivity index (χ1n) is 8.94. The summed E-state index contributed by atoms with van der Waals surface area (Å²) < 4.78 is 35.4. The van der Waals surface area contributed by atoms with Crippen LogP contribution in [0.1, 0.15) is 17.3 Å². The van der Waals surface area contributed by atoms with Crippen LogP contribution in [0.3, 0.4) is 0 Å². The number of nitro groups is 1. The van der Waals surface area contributed by atoms with Crippen molar-refractivity contribution in [2.24, 2.45) is 0 Å². The van der Waals surface area contributed by atoms with Crippen LogP contribution >= 0.6 is 0 Å². The Morgan fingerprint density at radius 1 is 1.19 bits per heavy atom. The van der Waals surface area contributed by atoms with Crippen molar-refractivity contribution in [2.45, 2.75) is 6.92 Å². The summed E-state index contributed by atoms with van der Waals surface area (Å²) in [5.41, 5.74) is -0.0726. The lowest BCUT2D eigenvalue weighted by atomic mass is 10.2. The second-order valence-electron chi connectivity index (χ2n) is 6.23. The Morgan fingerprint density at radius 3 is 2.48 bits per heavy atom. The zero-order chi connectivity index (χ0) is 23.2. The molecule has 0 aliphatic carbocycles. The summed E-state index contributed by atoms with van der Waals surface area (Å²) in [6.45, 7) is 1.16. The maximum absolute atomic E-state index is 12.6. The number of anilines is 2. The van der Waals surface area contributed by atoms with Gasteiger partial charge in [-0.2, -0.15) is 0 Å². The Balaban J connectivity index is 2.32. The number of nitro benzene ring substituents is 1. The number of hydrogen-bond acceptors (Lipinski definition) is 8. The zero-order valence-electron chi connectivity index (χ0n) is 17.0. The molecule has 166 valence electrons. The number of ether oxygens (including phenoxy) is 2. The van der Waals surface area contributed by atoms with Crippen molar-refractivity contribution in [3.63, 3.8) is 0 Å². The van der Waals surface area contributed by atoms with Gasteiger partial charge in [-0.25, -0.2) is 13.2 Å². The average Bonchev–Trinajstić information content (AvgIpc) is 2.71. The van der Waals surface area contributed by atoms with Gasteiger partial charge in [0, 0.05) is 17.8 Å². The van der Waals surface area contributed by atoms with Crippen molar-refractivity contribution in [1.82, 2.24) is 0 Å². The molecule has 2 aromatic rings. The van der Waals surface area contributed by atoms with Crippen molar-refractivity contribution in [3.05, 3.63) is 58.1 Å². The number of nitrogens with zero attached hydrogens (tertiary/aromatic N) is 2. The van der Waals surface area contributed by atoms with Gasteiger partial charge in [0.1, 0.15) is 18.0 Å². The summed E-state index contributed by atoms with van der Waals surface area (Å²) in [5.74, 6) is -1.27. The third kappa shape index (κ3) is 6.15. The molecule has 0 bridgehead atoms. The van der Waals surface area contributed by atoms with E-state index < -0.39 is 33.4 Å². The highest BCUT2D eigenvalue weighted by atomic mass is 32.2. The topological polar surface area (TPSA) is 145 Å². The largest absolute Gasteiger partial charge is 0.495 e. The molecule has 2 rings (SSSR count). The maximum Gasteiger partial charge on any atom is 0.338 e. The van der Waals surface area contributed by atoms with E-state index in [1.165, 1.54) is 37.4 Å². The van der Waals surface area contributed by atoms with Crippen LogP contribution in [0.2, 0.25) is 0 Å². The molecule has 31 heavy (non-hydrogen) atoms. The molecule has 12 heteroatoms. The minimum Gasteiger partial charge on any atom is -0.495 e. The second kappa shape index (κ2) is 9.89. The van der Waals surface area contributed by atoms with Gasteiger partial charge < -0.3 is 14.8 Å². The van der Waals surface area contributed by atoms with Crippen LogP contribution in [-0.2, 0) is 19.6 Å². The fourth-order valence-electron chi connectivity index (χ4n) is 2.64. The Labute approximate surface area is 178 Å². The molecule has 0 heterocycles. The van der Waals surface area contributed by atoms with Gasteiger partial charge in [0.05, 0.1) is 30.5 Å². The minimum absolute atomic E-state index is 0.0353. The van der Waals surface area contributed by atoms with E-state index in [2.05, 4.69) is 5.32 Å². The molecule has 0 saturated carbocycles. The number of nitrogens with one attached hydrogen (secondary N) is 1. The summed E-state index contributed by atoms with van der Waals surface area (Å²) in [4.78, 5) is 34.8. The van der Waals surface area contributed by atoms with Crippen LogP contribution in [0.15, 0.2) is 42.5 Å². The normalized spacial score (nSPS) is 10.8. The minimum atomic E-state index is -4.01. The molecular formula is C19H21N3O8S. The van der Waals surface area contributed by atoms with Crippen LogP contribution in [0.25, 0.3) is 0 Å². The third-order valence-corrected chi connectivity index (χ3v) is 5.11. The lowest BCUT2D eigenvalue weighted by Crippen LogP contribution is -2.37. The van der Waals surface area contributed by atoms with Crippen molar-refractivity contribution in [2.75, 3.05) is 36.1 Å². The quantitative estimate of drug-likeness (QED) is 0.347. The number of amides is 1. The summed E-state index contributed by atoms with van der Waals surface area (Å²) in [6, 6.07) is 9.34. The number of benzene rings is 2. The van der Waals surface area contributed by atoms with E-state index in [-0.39, 0.29) is 35.0 Å². The third-order valence-electron chi connectivity index (χ3n) is 3.99. The Hall–Kier alpha value is -3.67. The van der Waals surface area contributed by atoms with E-state index in [4.69, 9.17) is 9.47 Å². The average molecular weight is 451 g/mol. The predicted molar refractivity (Wildman–Crippen MR) is 113 cm³/mol. The molecular weight excluding hydrogens is 430 g/mol. The fourth-order valence-corrected chi connectivity index (χ4v) is 3.49. The predicted octanol–water partition coefficient (Wildman–Crippen LogP) is 2.18. The molecule has 0 fully saturated rings. The van der Waals surface area contributed by atoms with Crippen LogP contribution in [0, 0.1) is 10.1 Å². The van der Waals surface area contributed by atoms with Gasteiger partial charge in [-0.1, -0.05) is 6.07 Å². The first-order chi connectivity index (χ1) is 14.6. The smallest absolute Gasteiger partial charge is 0.338 e. The molecule has 0 unspecified atom stereocenters. The standard InChI is InChI=1S/C19H21N3O8S/c1-4-30-19(24)13-6-5-7-14(10-13)20-18(23)12-21(31(3,27)28)16-11-15(22(25)26)8-9-17(16)29-2/h5-11H,4,12H2,1-3H3,(H,20,23). The Bertz CT molecular complexity index is 1100. The monoisotopic (exact) mass is 451 g/mol. The van der Waals surface area contributed by atoms with E-state index in [1.54, 1.807) is 6.92 Å². The molecule has 0 aliphatic rings. The van der Waals surface area contributed by atoms with Crippen LogP contribution < -0.4 is 14.4 Å². The lowest BCUT2D eigenvalue weighted by Gasteiger charge is -2.23. The fraction of sp³-hybridized carbons (Fsp3) is 0.263. The van der Waals surface area contributed by atoms with Gasteiger partial charge in [0.15, 0.2) is 0 Å². The highest BCUT2D eigenvalue weighted by molar-refractivity contribution is 7.92. The molecule has 0 aromatic heterocycles. The van der Waals surface area contributed by atoms with Crippen molar-refractivity contribution in [1.29, 1.82) is 0 Å². The van der Waals surface area contributed by atoms with Crippen molar-refractivity contribution < 1.29 is 32.4 Å². The number of carbonyl (C=O) groups is 2. The van der Waals surface area contributed by atoms with E-state index in [0.717, 1.165) is 18.4 Å². The number of hydrogen-bond donors (Lipinski definition) is 1. The molecule has 0 atom stereocenters. The maximum atomic E-state index is 12.6. The summed E-state index contributed by atoms with van der Waals surface area (Å²) in [6.07, 6.45) is 0.861. The molecule has 2 aromatic carbocycles. The van der Waals surface area contributed by atoms with Gasteiger partial charge in [-0.15, -0.1) is 0 Å². The second-order valence-corrected chi connectivity index (χ2v) is 8.14. The summed E-state index contributed by atoms with van der Waals surface area (Å²) >= 11 is 0. The van der Waals surface area contributed by atoms with Gasteiger partial charge in [-0.3, -0.25) is 19.2 Å². The van der Waals surface area contributed by atoms with Crippen LogP contribution in [0.4, 0.5) is 17.1 Å². The van der Waals surface area contributed by atoms with E-state index in [9.17, 15) is 28.1 Å². The van der Waals surface area contributed by atoms with Gasteiger partial charge in [-0.05, 0) is 31.2 Å². The van der Waals surface area contributed by atoms with Gasteiger partial charge in [0.25, 0.3) is 5.69 Å². The van der Waals surface area contributed by atoms with Crippen molar-refractivity contribution in [3.8, 4) is 5.75 Å². The first-order valence-corrected chi connectivity index (χ1v) is 10.8. The molecule has 1 N–H and O–H groups in total. The first kappa shape index (κ1) is 23.6. The number of methoxy groups -OCH3 is 1. The molecule has 0 aliphatic heterocycles. The summed E-state index contributed by atoms with van der Waals surface area (Å²) in [7, 11) is -2.74.